The smallest absolute Gasteiger partial charge is 0.278 e. The molecule has 0 aliphatic carbocycles. The average Bonchev–Trinajstić information content (AvgIpc) is 2.94. The van der Waals surface area contributed by atoms with Crippen molar-refractivity contribution in [3.8, 4) is 5.75 Å². The van der Waals surface area contributed by atoms with Gasteiger partial charge in [-0.05, 0) is 49.2 Å². The molecule has 0 unspecified atom stereocenters. The quantitative estimate of drug-likeness (QED) is 0.664. The van der Waals surface area contributed by atoms with Gasteiger partial charge in [-0.2, -0.15) is 0 Å². The third kappa shape index (κ3) is 4.44. The minimum absolute atomic E-state index is 0.175. The molecular weight excluding hydrogens is 392 g/mol. The molecule has 2 aromatic rings. The van der Waals surface area contributed by atoms with E-state index in [-0.39, 0.29) is 24.8 Å². The van der Waals surface area contributed by atoms with Crippen LogP contribution in [0, 0.1) is 6.92 Å². The van der Waals surface area contributed by atoms with Gasteiger partial charge < -0.3 is 14.8 Å². The number of imide groups is 1. The molecule has 0 atom stereocenters. The number of ether oxygens (including phenoxy) is 2. The standard InChI is InChI=1S/C22H23ClN2O4/c1-4-29-17-9-6-15(7-10-17)19-20(22(27)25(21(19)26)11-12-28-3)24-18-13-16(23)8-5-14(18)2/h5-10,13,24H,4,11-12H2,1-3H3. The number of hydrogen-bond acceptors (Lipinski definition) is 5. The van der Waals surface area contributed by atoms with Gasteiger partial charge in [-0.25, -0.2) is 0 Å². The fourth-order valence-corrected chi connectivity index (χ4v) is 3.27. The van der Waals surface area contributed by atoms with Crippen molar-refractivity contribution in [2.45, 2.75) is 13.8 Å². The number of carbonyl (C=O) groups excluding carboxylic acids is 2. The van der Waals surface area contributed by atoms with Crippen LogP contribution in [0.5, 0.6) is 5.75 Å². The lowest BCUT2D eigenvalue weighted by Gasteiger charge is -2.15. The molecule has 1 aliphatic heterocycles. The van der Waals surface area contributed by atoms with E-state index in [0.29, 0.717) is 34.2 Å². The minimum atomic E-state index is -0.393. The highest BCUT2D eigenvalue weighted by molar-refractivity contribution is 6.36. The van der Waals surface area contributed by atoms with Gasteiger partial charge in [-0.3, -0.25) is 14.5 Å². The van der Waals surface area contributed by atoms with Crippen molar-refractivity contribution in [2.24, 2.45) is 0 Å². The number of halogens is 1. The molecule has 0 bridgehead atoms. The number of anilines is 1. The van der Waals surface area contributed by atoms with Crippen LogP contribution in [0.1, 0.15) is 18.1 Å². The molecule has 3 rings (SSSR count). The van der Waals surface area contributed by atoms with Crippen molar-refractivity contribution in [3.63, 3.8) is 0 Å². The van der Waals surface area contributed by atoms with E-state index in [9.17, 15) is 9.59 Å². The first-order valence-corrected chi connectivity index (χ1v) is 9.69. The van der Waals surface area contributed by atoms with Crippen molar-refractivity contribution in [1.82, 2.24) is 4.90 Å². The zero-order valence-electron chi connectivity index (χ0n) is 16.6. The van der Waals surface area contributed by atoms with Crippen molar-refractivity contribution in [1.29, 1.82) is 0 Å². The van der Waals surface area contributed by atoms with E-state index in [4.69, 9.17) is 21.1 Å². The Morgan fingerprint density at radius 1 is 1.07 bits per heavy atom. The van der Waals surface area contributed by atoms with E-state index in [1.165, 1.54) is 12.0 Å². The van der Waals surface area contributed by atoms with E-state index >= 15 is 0 Å². The first-order chi connectivity index (χ1) is 14.0. The van der Waals surface area contributed by atoms with E-state index in [1.54, 1.807) is 36.4 Å². The predicted octanol–water partition coefficient (Wildman–Crippen LogP) is 3.89. The topological polar surface area (TPSA) is 67.9 Å². The summed E-state index contributed by atoms with van der Waals surface area (Å²) in [4.78, 5) is 27.3. The van der Waals surface area contributed by atoms with Crippen molar-refractivity contribution in [2.75, 3.05) is 32.2 Å². The molecule has 0 saturated heterocycles. The van der Waals surface area contributed by atoms with E-state index in [0.717, 1.165) is 5.56 Å². The summed E-state index contributed by atoms with van der Waals surface area (Å²) in [5.41, 5.74) is 2.75. The number of benzene rings is 2. The van der Waals surface area contributed by atoms with Crippen LogP contribution in [0.2, 0.25) is 5.02 Å². The van der Waals surface area contributed by atoms with Gasteiger partial charge in [0.25, 0.3) is 11.8 Å². The Kier molecular flexibility index (Phi) is 6.56. The molecule has 2 amide bonds. The number of nitrogens with zero attached hydrogens (tertiary/aromatic N) is 1. The van der Waals surface area contributed by atoms with Gasteiger partial charge in [-0.15, -0.1) is 0 Å². The maximum absolute atomic E-state index is 13.1. The highest BCUT2D eigenvalue weighted by Crippen LogP contribution is 2.32. The molecule has 0 radical (unpaired) electrons. The second-order valence-electron chi connectivity index (χ2n) is 6.55. The summed E-state index contributed by atoms with van der Waals surface area (Å²) in [5.74, 6) is -0.0567. The second kappa shape index (κ2) is 9.11. The molecule has 0 spiro atoms. The average molecular weight is 415 g/mol. The lowest BCUT2D eigenvalue weighted by atomic mass is 10.0. The summed E-state index contributed by atoms with van der Waals surface area (Å²) in [5, 5.41) is 3.67. The predicted molar refractivity (Wildman–Crippen MR) is 113 cm³/mol. The second-order valence-corrected chi connectivity index (χ2v) is 6.98. The summed E-state index contributed by atoms with van der Waals surface area (Å²) in [6, 6.07) is 12.5. The van der Waals surface area contributed by atoms with Crippen molar-refractivity contribution < 1.29 is 19.1 Å². The maximum Gasteiger partial charge on any atom is 0.278 e. The fraction of sp³-hybridized carbons (Fsp3) is 0.273. The molecule has 0 aromatic heterocycles. The molecule has 0 fully saturated rings. The van der Waals surface area contributed by atoms with Crippen LogP contribution in [-0.4, -0.2) is 43.6 Å². The third-order valence-corrected chi connectivity index (χ3v) is 4.84. The van der Waals surface area contributed by atoms with Crippen molar-refractivity contribution >= 4 is 34.7 Å². The zero-order chi connectivity index (χ0) is 21.0. The lowest BCUT2D eigenvalue weighted by molar-refractivity contribution is -0.137. The molecule has 1 aliphatic rings. The molecule has 29 heavy (non-hydrogen) atoms. The van der Waals surface area contributed by atoms with Gasteiger partial charge >= 0.3 is 0 Å². The molecule has 2 aromatic carbocycles. The summed E-state index contributed by atoms with van der Waals surface area (Å²) in [6.45, 7) is 4.79. The first-order valence-electron chi connectivity index (χ1n) is 9.32. The van der Waals surface area contributed by atoms with Crippen LogP contribution >= 0.6 is 11.6 Å². The Morgan fingerprint density at radius 2 is 1.79 bits per heavy atom. The van der Waals surface area contributed by atoms with Crippen LogP contribution in [-0.2, 0) is 14.3 Å². The Morgan fingerprint density at radius 3 is 2.45 bits per heavy atom. The van der Waals surface area contributed by atoms with Crippen LogP contribution in [0.25, 0.3) is 5.57 Å². The highest BCUT2D eigenvalue weighted by atomic mass is 35.5. The molecule has 1 heterocycles. The van der Waals surface area contributed by atoms with E-state index in [1.807, 2.05) is 19.9 Å². The van der Waals surface area contributed by atoms with Gasteiger partial charge in [0.05, 0.1) is 25.3 Å². The molecule has 152 valence electrons. The van der Waals surface area contributed by atoms with E-state index < -0.39 is 5.91 Å². The SMILES string of the molecule is CCOc1ccc(C2=C(Nc3cc(Cl)ccc3C)C(=O)N(CCOC)C2=O)cc1. The van der Waals surface area contributed by atoms with Gasteiger partial charge in [-0.1, -0.05) is 29.8 Å². The summed E-state index contributed by atoms with van der Waals surface area (Å²) in [6.07, 6.45) is 0. The van der Waals surface area contributed by atoms with Gasteiger partial charge in [0.2, 0.25) is 0 Å². The van der Waals surface area contributed by atoms with Crippen LogP contribution in [0.15, 0.2) is 48.2 Å². The Balaban J connectivity index is 2.04. The molecule has 6 nitrogen and oxygen atoms in total. The lowest BCUT2D eigenvalue weighted by Crippen LogP contribution is -2.35. The Labute approximate surface area is 175 Å². The molecular formula is C22H23ClN2O4. The number of methoxy groups -OCH3 is 1. The number of carbonyl (C=O) groups is 2. The van der Waals surface area contributed by atoms with Crippen LogP contribution in [0.4, 0.5) is 5.69 Å². The number of nitrogens with one attached hydrogen (secondary N) is 1. The highest BCUT2D eigenvalue weighted by Gasteiger charge is 2.39. The summed E-state index contributed by atoms with van der Waals surface area (Å²) >= 11 is 6.12. The van der Waals surface area contributed by atoms with Gasteiger partial charge in [0.1, 0.15) is 11.4 Å². The normalized spacial score (nSPS) is 14.0. The Hall–Kier alpha value is -2.83. The number of rotatable bonds is 8. The summed E-state index contributed by atoms with van der Waals surface area (Å²) in [7, 11) is 1.53. The van der Waals surface area contributed by atoms with Gasteiger partial charge in [0, 0.05) is 17.8 Å². The number of aryl methyl sites for hydroxylation is 1. The van der Waals surface area contributed by atoms with E-state index in [2.05, 4.69) is 5.32 Å². The monoisotopic (exact) mass is 414 g/mol. The molecule has 1 N–H and O–H groups in total. The zero-order valence-corrected chi connectivity index (χ0v) is 17.4. The third-order valence-electron chi connectivity index (χ3n) is 4.60. The van der Waals surface area contributed by atoms with Crippen LogP contribution < -0.4 is 10.1 Å². The van der Waals surface area contributed by atoms with Crippen molar-refractivity contribution in [3.05, 3.63) is 64.3 Å². The fourth-order valence-electron chi connectivity index (χ4n) is 3.09. The number of amides is 2. The summed E-state index contributed by atoms with van der Waals surface area (Å²) < 4.78 is 10.5. The largest absolute Gasteiger partial charge is 0.494 e. The molecule has 7 heteroatoms. The number of hydrogen-bond donors (Lipinski definition) is 1. The first kappa shape index (κ1) is 20.9. The minimum Gasteiger partial charge on any atom is -0.494 e. The van der Waals surface area contributed by atoms with Gasteiger partial charge in [0.15, 0.2) is 0 Å². The maximum atomic E-state index is 13.1. The molecule has 0 saturated carbocycles. The van der Waals surface area contributed by atoms with Crippen LogP contribution in [0.3, 0.4) is 0 Å². The Bertz CT molecular complexity index is 954.